The highest BCUT2D eigenvalue weighted by Crippen LogP contribution is 2.27. The smallest absolute Gasteiger partial charge is 0.238 e. The number of hydrogen-bond acceptors (Lipinski definition) is 8. The van der Waals surface area contributed by atoms with Gasteiger partial charge < -0.3 is 11.5 Å². The summed E-state index contributed by atoms with van der Waals surface area (Å²) in [5.74, 6) is 0.682. The molecule has 3 rings (SSSR count). The Balaban J connectivity index is 2.05. The molecular weight excluding hydrogens is 374 g/mol. The van der Waals surface area contributed by atoms with Crippen molar-refractivity contribution in [3.05, 3.63) is 41.7 Å². The standard InChI is InChI=1S/C15H19N7O2S2/c1-22-14-11(8-19-22)13(20-15(21-14)25-7-6-16)12(17)9-2-4-10(5-3-9)26(18,23)24/h2-5,8,12H,6-7,16-17H2,1H3,(H2,18,23,24). The third kappa shape index (κ3) is 3.71. The van der Waals surface area contributed by atoms with Gasteiger partial charge in [-0.1, -0.05) is 23.9 Å². The fourth-order valence-electron chi connectivity index (χ4n) is 2.50. The number of thioether (sulfide) groups is 1. The number of benzene rings is 1. The van der Waals surface area contributed by atoms with E-state index in [1.807, 2.05) is 0 Å². The Labute approximate surface area is 155 Å². The summed E-state index contributed by atoms with van der Waals surface area (Å²) in [5.41, 5.74) is 14.0. The lowest BCUT2D eigenvalue weighted by Gasteiger charge is -2.14. The summed E-state index contributed by atoms with van der Waals surface area (Å²) in [6.07, 6.45) is 1.67. The topological polar surface area (TPSA) is 156 Å². The van der Waals surface area contributed by atoms with Gasteiger partial charge in [0.25, 0.3) is 0 Å². The van der Waals surface area contributed by atoms with E-state index in [1.165, 1.54) is 23.9 Å². The summed E-state index contributed by atoms with van der Waals surface area (Å²) in [6.45, 7) is 0.508. The number of nitrogens with two attached hydrogens (primary N) is 3. The van der Waals surface area contributed by atoms with Gasteiger partial charge in [-0.15, -0.1) is 0 Å². The van der Waals surface area contributed by atoms with E-state index in [2.05, 4.69) is 15.1 Å². The molecule has 0 spiro atoms. The minimum Gasteiger partial charge on any atom is -0.330 e. The Kier molecular flexibility index (Phi) is 5.25. The van der Waals surface area contributed by atoms with Crippen LogP contribution >= 0.6 is 11.8 Å². The van der Waals surface area contributed by atoms with Crippen LogP contribution in [0.15, 0.2) is 40.5 Å². The minimum absolute atomic E-state index is 0.0295. The summed E-state index contributed by atoms with van der Waals surface area (Å²) in [6, 6.07) is 5.53. The Morgan fingerprint density at radius 3 is 2.54 bits per heavy atom. The van der Waals surface area contributed by atoms with Gasteiger partial charge >= 0.3 is 0 Å². The zero-order valence-electron chi connectivity index (χ0n) is 14.0. The first kappa shape index (κ1) is 18.7. The molecule has 0 saturated heterocycles. The molecule has 0 aliphatic heterocycles. The Hall–Kier alpha value is -2.05. The van der Waals surface area contributed by atoms with Gasteiger partial charge in [-0.3, -0.25) is 4.68 Å². The van der Waals surface area contributed by atoms with Crippen molar-refractivity contribution in [3.63, 3.8) is 0 Å². The first-order chi connectivity index (χ1) is 12.3. The maximum absolute atomic E-state index is 11.4. The van der Waals surface area contributed by atoms with E-state index in [0.717, 1.165) is 5.39 Å². The molecule has 0 aliphatic rings. The molecule has 2 heterocycles. The largest absolute Gasteiger partial charge is 0.330 e. The number of sulfonamides is 1. The van der Waals surface area contributed by atoms with Gasteiger partial charge in [0.2, 0.25) is 10.0 Å². The molecule has 1 unspecified atom stereocenters. The van der Waals surface area contributed by atoms with Gasteiger partial charge in [0.15, 0.2) is 10.8 Å². The molecule has 1 aromatic carbocycles. The predicted octanol–water partition coefficient (Wildman–Crippen LogP) is 0.110. The normalized spacial score (nSPS) is 13.2. The van der Waals surface area contributed by atoms with Crippen LogP contribution in [0.4, 0.5) is 0 Å². The van der Waals surface area contributed by atoms with Gasteiger partial charge in [-0.25, -0.2) is 23.5 Å². The van der Waals surface area contributed by atoms with Gasteiger partial charge in [-0.05, 0) is 17.7 Å². The Morgan fingerprint density at radius 2 is 1.92 bits per heavy atom. The monoisotopic (exact) mass is 393 g/mol. The molecular formula is C15H19N7O2S2. The Bertz CT molecular complexity index is 1030. The molecule has 1 atom stereocenters. The third-order valence-electron chi connectivity index (χ3n) is 3.81. The van der Waals surface area contributed by atoms with Gasteiger partial charge in [-0.2, -0.15) is 5.10 Å². The SMILES string of the molecule is Cn1ncc2c(C(N)c3ccc(S(N)(=O)=O)cc3)nc(SCCN)nc21. The van der Waals surface area contributed by atoms with Crippen LogP contribution in [-0.2, 0) is 17.1 Å². The second-order valence-electron chi connectivity index (χ2n) is 5.63. The fourth-order valence-corrected chi connectivity index (χ4v) is 3.63. The highest BCUT2D eigenvalue weighted by atomic mass is 32.2. The molecule has 9 nitrogen and oxygen atoms in total. The van der Waals surface area contributed by atoms with Crippen molar-refractivity contribution in [2.75, 3.05) is 12.3 Å². The van der Waals surface area contributed by atoms with Crippen LogP contribution in [0.3, 0.4) is 0 Å². The van der Waals surface area contributed by atoms with Crippen LogP contribution in [0.5, 0.6) is 0 Å². The molecule has 0 saturated carbocycles. The van der Waals surface area contributed by atoms with E-state index in [1.54, 1.807) is 30.1 Å². The first-order valence-corrected chi connectivity index (χ1v) is 10.3. The summed E-state index contributed by atoms with van der Waals surface area (Å²) in [5, 5.41) is 10.7. The van der Waals surface area contributed by atoms with Crippen molar-refractivity contribution >= 4 is 32.8 Å². The zero-order valence-corrected chi connectivity index (χ0v) is 15.7. The predicted molar refractivity (Wildman–Crippen MR) is 99.9 cm³/mol. The second-order valence-corrected chi connectivity index (χ2v) is 8.25. The lowest BCUT2D eigenvalue weighted by molar-refractivity contribution is 0.597. The number of aryl methyl sites for hydroxylation is 1. The summed E-state index contributed by atoms with van der Waals surface area (Å²) in [4.78, 5) is 9.10. The molecule has 6 N–H and O–H groups in total. The molecule has 0 amide bonds. The highest BCUT2D eigenvalue weighted by molar-refractivity contribution is 7.99. The number of hydrogen-bond donors (Lipinski definition) is 3. The van der Waals surface area contributed by atoms with E-state index in [4.69, 9.17) is 16.6 Å². The molecule has 3 aromatic rings. The van der Waals surface area contributed by atoms with Crippen molar-refractivity contribution in [2.24, 2.45) is 23.7 Å². The van der Waals surface area contributed by atoms with Crippen LogP contribution in [-0.4, -0.2) is 40.5 Å². The van der Waals surface area contributed by atoms with E-state index in [0.29, 0.717) is 34.4 Å². The average Bonchev–Trinajstić information content (AvgIpc) is 2.99. The van der Waals surface area contributed by atoms with E-state index in [9.17, 15) is 8.42 Å². The number of primary sulfonamides is 1. The summed E-state index contributed by atoms with van der Waals surface area (Å²) in [7, 11) is -1.96. The number of aromatic nitrogens is 4. The lowest BCUT2D eigenvalue weighted by atomic mass is 10.0. The van der Waals surface area contributed by atoms with Crippen LogP contribution in [0, 0.1) is 0 Å². The molecule has 2 aromatic heterocycles. The molecule has 0 fully saturated rings. The average molecular weight is 393 g/mol. The van der Waals surface area contributed by atoms with Crippen molar-refractivity contribution in [1.82, 2.24) is 19.7 Å². The number of rotatable bonds is 6. The third-order valence-corrected chi connectivity index (χ3v) is 5.62. The van der Waals surface area contributed by atoms with Gasteiger partial charge in [0, 0.05) is 19.3 Å². The van der Waals surface area contributed by atoms with Crippen LogP contribution < -0.4 is 16.6 Å². The van der Waals surface area contributed by atoms with Crippen LogP contribution in [0.25, 0.3) is 11.0 Å². The lowest BCUT2D eigenvalue weighted by Crippen LogP contribution is -2.16. The van der Waals surface area contributed by atoms with Crippen LogP contribution in [0.2, 0.25) is 0 Å². The van der Waals surface area contributed by atoms with E-state index < -0.39 is 16.1 Å². The summed E-state index contributed by atoms with van der Waals surface area (Å²) >= 11 is 1.44. The van der Waals surface area contributed by atoms with E-state index in [-0.39, 0.29) is 4.90 Å². The number of fused-ring (bicyclic) bond motifs is 1. The van der Waals surface area contributed by atoms with Crippen molar-refractivity contribution in [3.8, 4) is 0 Å². The summed E-state index contributed by atoms with van der Waals surface area (Å²) < 4.78 is 24.5. The van der Waals surface area contributed by atoms with Crippen LogP contribution in [0.1, 0.15) is 17.3 Å². The molecule has 138 valence electrons. The zero-order chi connectivity index (χ0) is 18.9. The number of nitrogens with zero attached hydrogens (tertiary/aromatic N) is 4. The molecule has 0 bridgehead atoms. The fraction of sp³-hybridized carbons (Fsp3) is 0.267. The maximum Gasteiger partial charge on any atom is 0.238 e. The first-order valence-electron chi connectivity index (χ1n) is 7.72. The van der Waals surface area contributed by atoms with E-state index >= 15 is 0 Å². The molecule has 11 heteroatoms. The quantitative estimate of drug-likeness (QED) is 0.393. The highest BCUT2D eigenvalue weighted by Gasteiger charge is 2.19. The second kappa shape index (κ2) is 7.29. The molecule has 0 radical (unpaired) electrons. The van der Waals surface area contributed by atoms with Gasteiger partial charge in [0.1, 0.15) is 0 Å². The van der Waals surface area contributed by atoms with Gasteiger partial charge in [0.05, 0.1) is 28.2 Å². The van der Waals surface area contributed by atoms with Crippen molar-refractivity contribution < 1.29 is 8.42 Å². The van der Waals surface area contributed by atoms with Crippen molar-refractivity contribution in [2.45, 2.75) is 16.1 Å². The minimum atomic E-state index is -3.75. The molecule has 0 aliphatic carbocycles. The molecule has 26 heavy (non-hydrogen) atoms. The van der Waals surface area contributed by atoms with Crippen molar-refractivity contribution in [1.29, 1.82) is 0 Å². The maximum atomic E-state index is 11.4. The Morgan fingerprint density at radius 1 is 1.23 bits per heavy atom.